The summed E-state index contributed by atoms with van der Waals surface area (Å²) >= 11 is 7.26. The Hall–Kier alpha value is -1.57. The molecular formula is C18H24ClN3O3S. The van der Waals surface area contributed by atoms with Crippen LogP contribution in [0.1, 0.15) is 27.2 Å². The molecule has 1 aromatic carbocycles. The molecule has 2 rings (SSSR count). The van der Waals surface area contributed by atoms with E-state index in [-0.39, 0.29) is 22.8 Å². The van der Waals surface area contributed by atoms with E-state index in [1.54, 1.807) is 29.9 Å². The van der Waals surface area contributed by atoms with Crippen LogP contribution in [0.3, 0.4) is 0 Å². The first kappa shape index (κ1) is 20.7. The van der Waals surface area contributed by atoms with E-state index in [9.17, 15) is 9.59 Å². The van der Waals surface area contributed by atoms with Crippen LogP contribution in [0.25, 0.3) is 10.9 Å². The van der Waals surface area contributed by atoms with Gasteiger partial charge in [0.25, 0.3) is 5.56 Å². The standard InChI is InChI=1S/C18H24ClN3O3S/c1-5-18(2,3)21-15(23)11-26-17-20-14-10-12(19)6-7-13(14)16(24)22(17)8-9-25-4/h6-7,10H,5,8-9,11H2,1-4H3,(H,21,23). The highest BCUT2D eigenvalue weighted by Gasteiger charge is 2.19. The Bertz CT molecular complexity index is 851. The number of thioether (sulfide) groups is 1. The third kappa shape index (κ3) is 5.22. The molecule has 26 heavy (non-hydrogen) atoms. The molecule has 1 aromatic heterocycles. The number of hydrogen-bond acceptors (Lipinski definition) is 5. The number of methoxy groups -OCH3 is 1. The summed E-state index contributed by atoms with van der Waals surface area (Å²) in [5.41, 5.74) is 0.0889. The lowest BCUT2D eigenvalue weighted by Gasteiger charge is -2.24. The molecule has 1 amide bonds. The van der Waals surface area contributed by atoms with Gasteiger partial charge in [0.15, 0.2) is 5.16 Å². The van der Waals surface area contributed by atoms with Gasteiger partial charge in [0, 0.05) is 17.7 Å². The first-order valence-corrected chi connectivity index (χ1v) is 9.76. The maximum absolute atomic E-state index is 12.8. The minimum absolute atomic E-state index is 0.0967. The van der Waals surface area contributed by atoms with Crippen LogP contribution in [0.2, 0.25) is 5.02 Å². The summed E-state index contributed by atoms with van der Waals surface area (Å²) in [7, 11) is 1.58. The van der Waals surface area contributed by atoms with Crippen LogP contribution in [0.4, 0.5) is 0 Å². The fourth-order valence-electron chi connectivity index (χ4n) is 2.30. The zero-order valence-corrected chi connectivity index (χ0v) is 17.0. The van der Waals surface area contributed by atoms with Gasteiger partial charge in [-0.3, -0.25) is 14.2 Å². The Morgan fingerprint density at radius 2 is 2.15 bits per heavy atom. The average Bonchev–Trinajstić information content (AvgIpc) is 2.58. The Balaban J connectivity index is 2.31. The number of hydrogen-bond donors (Lipinski definition) is 1. The van der Waals surface area contributed by atoms with E-state index in [1.165, 1.54) is 11.8 Å². The number of nitrogens with one attached hydrogen (secondary N) is 1. The number of rotatable bonds is 8. The topological polar surface area (TPSA) is 73.2 Å². The molecule has 0 saturated carbocycles. The SMILES string of the molecule is CCC(C)(C)NC(=O)CSc1nc2cc(Cl)ccc2c(=O)n1CCOC. The number of halogens is 1. The summed E-state index contributed by atoms with van der Waals surface area (Å²) < 4.78 is 6.64. The number of carbonyl (C=O) groups excluding carboxylic acids is 1. The van der Waals surface area contributed by atoms with Crippen molar-refractivity contribution in [1.29, 1.82) is 0 Å². The molecule has 0 atom stereocenters. The fourth-order valence-corrected chi connectivity index (χ4v) is 3.29. The third-order valence-corrected chi connectivity index (χ3v) is 5.31. The van der Waals surface area contributed by atoms with E-state index < -0.39 is 0 Å². The average molecular weight is 398 g/mol. The Kier molecular flexibility index (Phi) is 7.08. The van der Waals surface area contributed by atoms with Crippen LogP contribution in [0, 0.1) is 0 Å². The molecule has 142 valence electrons. The number of amides is 1. The third-order valence-electron chi connectivity index (χ3n) is 4.10. The summed E-state index contributed by atoms with van der Waals surface area (Å²) in [6, 6.07) is 4.99. The quantitative estimate of drug-likeness (QED) is 0.547. The van der Waals surface area contributed by atoms with E-state index in [0.29, 0.717) is 34.2 Å². The maximum Gasteiger partial charge on any atom is 0.262 e. The first-order valence-electron chi connectivity index (χ1n) is 8.40. The molecule has 0 aliphatic rings. The van der Waals surface area contributed by atoms with Crippen molar-refractivity contribution in [2.24, 2.45) is 0 Å². The Morgan fingerprint density at radius 1 is 1.42 bits per heavy atom. The second-order valence-electron chi connectivity index (χ2n) is 6.58. The van der Waals surface area contributed by atoms with Crippen molar-refractivity contribution in [3.05, 3.63) is 33.6 Å². The molecule has 0 saturated heterocycles. The van der Waals surface area contributed by atoms with Gasteiger partial charge in [-0.1, -0.05) is 30.3 Å². The monoisotopic (exact) mass is 397 g/mol. The van der Waals surface area contributed by atoms with Gasteiger partial charge in [-0.2, -0.15) is 0 Å². The van der Waals surface area contributed by atoms with Gasteiger partial charge in [0.1, 0.15) is 0 Å². The van der Waals surface area contributed by atoms with Crippen LogP contribution in [-0.4, -0.2) is 40.5 Å². The zero-order chi connectivity index (χ0) is 19.3. The van der Waals surface area contributed by atoms with Gasteiger partial charge in [-0.25, -0.2) is 4.98 Å². The van der Waals surface area contributed by atoms with Crippen LogP contribution in [-0.2, 0) is 16.1 Å². The largest absolute Gasteiger partial charge is 0.383 e. The van der Waals surface area contributed by atoms with Crippen LogP contribution in [0.15, 0.2) is 28.2 Å². The van der Waals surface area contributed by atoms with Gasteiger partial charge in [-0.05, 0) is 38.5 Å². The van der Waals surface area contributed by atoms with Crippen LogP contribution in [0.5, 0.6) is 0 Å². The van der Waals surface area contributed by atoms with E-state index in [1.807, 2.05) is 20.8 Å². The molecule has 8 heteroatoms. The maximum atomic E-state index is 12.8. The highest BCUT2D eigenvalue weighted by molar-refractivity contribution is 7.99. The van der Waals surface area contributed by atoms with Crippen molar-refractivity contribution in [2.75, 3.05) is 19.5 Å². The molecule has 2 aromatic rings. The molecule has 0 bridgehead atoms. The normalized spacial score (nSPS) is 11.7. The molecular weight excluding hydrogens is 374 g/mol. The van der Waals surface area contributed by atoms with Gasteiger partial charge in [0.05, 0.1) is 29.8 Å². The van der Waals surface area contributed by atoms with E-state index in [4.69, 9.17) is 16.3 Å². The number of ether oxygens (including phenoxy) is 1. The number of carbonyl (C=O) groups is 1. The number of fused-ring (bicyclic) bond motifs is 1. The predicted octanol–water partition coefficient (Wildman–Crippen LogP) is 3.09. The van der Waals surface area contributed by atoms with Gasteiger partial charge < -0.3 is 10.1 Å². The number of benzene rings is 1. The van der Waals surface area contributed by atoms with Crippen molar-refractivity contribution < 1.29 is 9.53 Å². The van der Waals surface area contributed by atoms with Crippen LogP contribution >= 0.6 is 23.4 Å². The van der Waals surface area contributed by atoms with Crippen molar-refractivity contribution in [1.82, 2.24) is 14.9 Å². The van der Waals surface area contributed by atoms with Crippen molar-refractivity contribution in [3.63, 3.8) is 0 Å². The number of nitrogens with zero attached hydrogens (tertiary/aromatic N) is 2. The molecule has 1 N–H and O–H groups in total. The molecule has 0 aliphatic heterocycles. The molecule has 0 spiro atoms. The Morgan fingerprint density at radius 3 is 2.81 bits per heavy atom. The van der Waals surface area contributed by atoms with Crippen LogP contribution < -0.4 is 10.9 Å². The lowest BCUT2D eigenvalue weighted by molar-refractivity contribution is -0.120. The highest BCUT2D eigenvalue weighted by Crippen LogP contribution is 2.20. The van der Waals surface area contributed by atoms with E-state index >= 15 is 0 Å². The minimum atomic E-state index is -0.266. The summed E-state index contributed by atoms with van der Waals surface area (Å²) in [5.74, 6) is 0.0788. The predicted molar refractivity (Wildman–Crippen MR) is 106 cm³/mol. The van der Waals surface area contributed by atoms with Gasteiger partial charge in [0.2, 0.25) is 5.91 Å². The summed E-state index contributed by atoms with van der Waals surface area (Å²) in [6.07, 6.45) is 0.828. The fraction of sp³-hybridized carbons (Fsp3) is 0.500. The van der Waals surface area contributed by atoms with Gasteiger partial charge >= 0.3 is 0 Å². The number of aromatic nitrogens is 2. The zero-order valence-electron chi connectivity index (χ0n) is 15.5. The van der Waals surface area contributed by atoms with Crippen molar-refractivity contribution in [2.45, 2.75) is 44.4 Å². The minimum Gasteiger partial charge on any atom is -0.383 e. The second-order valence-corrected chi connectivity index (χ2v) is 7.96. The highest BCUT2D eigenvalue weighted by atomic mass is 35.5. The molecule has 0 radical (unpaired) electrons. The second kappa shape index (κ2) is 8.88. The summed E-state index contributed by atoms with van der Waals surface area (Å²) in [5, 5.41) is 4.46. The van der Waals surface area contributed by atoms with E-state index in [2.05, 4.69) is 10.3 Å². The first-order chi connectivity index (χ1) is 12.3. The molecule has 0 unspecified atom stereocenters. The smallest absolute Gasteiger partial charge is 0.262 e. The summed E-state index contributed by atoms with van der Waals surface area (Å²) in [4.78, 5) is 29.6. The summed E-state index contributed by atoms with van der Waals surface area (Å²) in [6.45, 7) is 6.71. The molecule has 1 heterocycles. The van der Waals surface area contributed by atoms with E-state index in [0.717, 1.165) is 6.42 Å². The lowest BCUT2D eigenvalue weighted by atomic mass is 10.0. The van der Waals surface area contributed by atoms with Gasteiger partial charge in [-0.15, -0.1) is 0 Å². The molecule has 0 fully saturated rings. The van der Waals surface area contributed by atoms with Crippen molar-refractivity contribution in [3.8, 4) is 0 Å². The van der Waals surface area contributed by atoms with Crippen molar-refractivity contribution >= 4 is 40.2 Å². The molecule has 6 nitrogen and oxygen atoms in total. The molecule has 0 aliphatic carbocycles. The Labute approximate surface area is 162 Å². The lowest BCUT2D eigenvalue weighted by Crippen LogP contribution is -2.43.